The van der Waals surface area contributed by atoms with Gasteiger partial charge in [-0.2, -0.15) is 10.1 Å². The molecule has 1 saturated heterocycles. The standard InChI is InChI=1S/C20H20BrClN2O3/c1-3-10(2)27-18-13(7-14(22)8-15(18)21)9-23-24-19(25)16-11-4-5-12(6-11)17(16)20(24)26/h4-5,7-12,16-17H,3,6H2,1-2H3. The molecule has 0 radical (unpaired) electrons. The van der Waals surface area contributed by atoms with Crippen molar-refractivity contribution in [1.82, 2.24) is 5.01 Å². The first-order valence-corrected chi connectivity index (χ1v) is 10.3. The fourth-order valence-corrected chi connectivity index (χ4v) is 5.13. The number of hydrogen-bond acceptors (Lipinski definition) is 4. The molecule has 5 unspecified atom stereocenters. The summed E-state index contributed by atoms with van der Waals surface area (Å²) < 4.78 is 6.68. The van der Waals surface area contributed by atoms with E-state index in [-0.39, 0.29) is 41.6 Å². The van der Waals surface area contributed by atoms with Gasteiger partial charge >= 0.3 is 0 Å². The van der Waals surface area contributed by atoms with Crippen molar-refractivity contribution in [2.75, 3.05) is 0 Å². The van der Waals surface area contributed by atoms with Crippen LogP contribution in [0.25, 0.3) is 0 Å². The molecule has 2 fully saturated rings. The summed E-state index contributed by atoms with van der Waals surface area (Å²) in [5.41, 5.74) is 0.619. The number of halogens is 2. The van der Waals surface area contributed by atoms with Crippen LogP contribution in [-0.2, 0) is 9.59 Å². The average Bonchev–Trinajstić information content (AvgIpc) is 3.30. The maximum absolute atomic E-state index is 12.7. The number of allylic oxidation sites excluding steroid dienone is 2. The molecule has 3 aliphatic rings. The van der Waals surface area contributed by atoms with Crippen LogP contribution < -0.4 is 4.74 Å². The van der Waals surface area contributed by atoms with Gasteiger partial charge < -0.3 is 4.74 Å². The number of carbonyl (C=O) groups is 2. The average molecular weight is 452 g/mol. The van der Waals surface area contributed by atoms with E-state index in [0.717, 1.165) is 17.9 Å². The molecule has 0 N–H and O–H groups in total. The lowest BCUT2D eigenvalue weighted by Crippen LogP contribution is -2.28. The van der Waals surface area contributed by atoms with Crippen molar-refractivity contribution in [3.63, 3.8) is 0 Å². The quantitative estimate of drug-likeness (QED) is 0.378. The van der Waals surface area contributed by atoms with E-state index in [1.165, 1.54) is 6.21 Å². The van der Waals surface area contributed by atoms with E-state index in [2.05, 4.69) is 33.2 Å². The Morgan fingerprint density at radius 1 is 1.30 bits per heavy atom. The fourth-order valence-electron chi connectivity index (χ4n) is 4.21. The first-order chi connectivity index (χ1) is 12.9. The lowest BCUT2D eigenvalue weighted by atomic mass is 9.85. The molecule has 4 rings (SSSR count). The fraction of sp³-hybridized carbons (Fsp3) is 0.450. The SMILES string of the molecule is CCC(C)Oc1c(Br)cc(Cl)cc1C=NN1C(=O)C2C3C=CC(C3)C2C1=O. The molecule has 1 aromatic rings. The third kappa shape index (κ3) is 3.13. The Hall–Kier alpha value is -1.66. The Labute approximate surface area is 171 Å². The molecule has 142 valence electrons. The molecule has 0 aromatic heterocycles. The van der Waals surface area contributed by atoms with E-state index in [1.807, 2.05) is 13.8 Å². The molecular formula is C20H20BrClN2O3. The highest BCUT2D eigenvalue weighted by Gasteiger charge is 2.59. The van der Waals surface area contributed by atoms with E-state index in [4.69, 9.17) is 16.3 Å². The first-order valence-electron chi connectivity index (χ1n) is 9.16. The molecule has 27 heavy (non-hydrogen) atoms. The van der Waals surface area contributed by atoms with E-state index < -0.39 is 0 Å². The Morgan fingerprint density at radius 3 is 2.52 bits per heavy atom. The molecule has 5 atom stereocenters. The third-order valence-corrected chi connectivity index (χ3v) is 6.50. The highest BCUT2D eigenvalue weighted by atomic mass is 79.9. The van der Waals surface area contributed by atoms with Gasteiger partial charge in [-0.15, -0.1) is 0 Å². The van der Waals surface area contributed by atoms with Crippen molar-refractivity contribution < 1.29 is 14.3 Å². The van der Waals surface area contributed by atoms with Crippen LogP contribution in [0.5, 0.6) is 5.75 Å². The van der Waals surface area contributed by atoms with Crippen molar-refractivity contribution in [2.45, 2.75) is 32.8 Å². The number of nitrogens with zero attached hydrogens (tertiary/aromatic N) is 2. The van der Waals surface area contributed by atoms with E-state index in [1.54, 1.807) is 12.1 Å². The number of rotatable bonds is 5. The second-order valence-electron chi connectivity index (χ2n) is 7.38. The van der Waals surface area contributed by atoms with E-state index >= 15 is 0 Å². The van der Waals surface area contributed by atoms with Gasteiger partial charge in [0.2, 0.25) is 0 Å². The molecule has 2 amide bonds. The van der Waals surface area contributed by atoms with Gasteiger partial charge in [-0.3, -0.25) is 9.59 Å². The Bertz CT molecular complexity index is 839. The minimum Gasteiger partial charge on any atom is -0.489 e. The van der Waals surface area contributed by atoms with Gasteiger partial charge in [-0.25, -0.2) is 0 Å². The molecular weight excluding hydrogens is 432 g/mol. The lowest BCUT2D eigenvalue weighted by Gasteiger charge is -2.17. The topological polar surface area (TPSA) is 59.0 Å². The van der Waals surface area contributed by atoms with Gasteiger partial charge in [-0.05, 0) is 59.7 Å². The number of imide groups is 1. The van der Waals surface area contributed by atoms with E-state index in [0.29, 0.717) is 20.8 Å². The number of amides is 2. The largest absolute Gasteiger partial charge is 0.489 e. The first kappa shape index (κ1) is 18.7. The van der Waals surface area contributed by atoms with Crippen molar-refractivity contribution >= 4 is 45.6 Å². The van der Waals surface area contributed by atoms with Crippen LogP contribution in [0.3, 0.4) is 0 Å². The normalized spacial score (nSPS) is 29.9. The summed E-state index contributed by atoms with van der Waals surface area (Å²) in [5.74, 6) is 0.00592. The highest BCUT2D eigenvalue weighted by Crippen LogP contribution is 2.52. The van der Waals surface area contributed by atoms with Crippen LogP contribution in [0.15, 0.2) is 33.9 Å². The summed E-state index contributed by atoms with van der Waals surface area (Å²) in [7, 11) is 0. The number of ether oxygens (including phenoxy) is 1. The second kappa shape index (κ2) is 7.06. The Balaban J connectivity index is 1.62. The van der Waals surface area contributed by atoms with Gasteiger partial charge in [0.05, 0.1) is 28.6 Å². The van der Waals surface area contributed by atoms with Crippen molar-refractivity contribution in [3.05, 3.63) is 39.3 Å². The summed E-state index contributed by atoms with van der Waals surface area (Å²) >= 11 is 9.64. The molecule has 0 spiro atoms. The van der Waals surface area contributed by atoms with Gasteiger partial charge in [0.15, 0.2) is 0 Å². The number of carbonyl (C=O) groups excluding carboxylic acids is 2. The van der Waals surface area contributed by atoms with Gasteiger partial charge in [-0.1, -0.05) is 30.7 Å². The summed E-state index contributed by atoms with van der Waals surface area (Å²) in [6.45, 7) is 4.00. The van der Waals surface area contributed by atoms with Crippen LogP contribution in [0.1, 0.15) is 32.3 Å². The third-order valence-electron chi connectivity index (χ3n) is 5.69. The molecule has 1 saturated carbocycles. The highest BCUT2D eigenvalue weighted by molar-refractivity contribution is 9.10. The summed E-state index contributed by atoms with van der Waals surface area (Å²) in [6, 6.07) is 3.46. The number of hydrazone groups is 1. The minimum absolute atomic E-state index is 0.00531. The van der Waals surface area contributed by atoms with E-state index in [9.17, 15) is 9.59 Å². The smallest absolute Gasteiger partial charge is 0.254 e. The Kier molecular flexibility index (Phi) is 4.89. The van der Waals surface area contributed by atoms with Gasteiger partial charge in [0.25, 0.3) is 11.8 Å². The minimum atomic E-state index is -0.258. The molecule has 5 nitrogen and oxygen atoms in total. The zero-order valence-electron chi connectivity index (χ0n) is 15.1. The predicted molar refractivity (Wildman–Crippen MR) is 107 cm³/mol. The molecule has 1 aliphatic heterocycles. The zero-order chi connectivity index (χ0) is 19.3. The van der Waals surface area contributed by atoms with Gasteiger partial charge in [0.1, 0.15) is 5.75 Å². The Morgan fingerprint density at radius 2 is 1.93 bits per heavy atom. The van der Waals surface area contributed by atoms with Crippen LogP contribution in [-0.4, -0.2) is 29.1 Å². The molecule has 7 heteroatoms. The second-order valence-corrected chi connectivity index (χ2v) is 8.67. The molecule has 1 heterocycles. The van der Waals surface area contributed by atoms with Crippen molar-refractivity contribution in [3.8, 4) is 5.75 Å². The lowest BCUT2D eigenvalue weighted by molar-refractivity contribution is -0.140. The maximum atomic E-state index is 12.7. The number of fused-ring (bicyclic) bond motifs is 5. The number of hydrogen-bond donors (Lipinski definition) is 0. The summed E-state index contributed by atoms with van der Waals surface area (Å²) in [6.07, 6.45) is 7.37. The summed E-state index contributed by atoms with van der Waals surface area (Å²) in [5, 5.41) is 5.78. The predicted octanol–water partition coefficient (Wildman–Crippen LogP) is 4.42. The molecule has 1 aromatic carbocycles. The maximum Gasteiger partial charge on any atom is 0.254 e. The van der Waals surface area contributed by atoms with Crippen LogP contribution >= 0.6 is 27.5 Å². The zero-order valence-corrected chi connectivity index (χ0v) is 17.4. The van der Waals surface area contributed by atoms with Crippen molar-refractivity contribution in [2.24, 2.45) is 28.8 Å². The van der Waals surface area contributed by atoms with Crippen LogP contribution in [0.4, 0.5) is 0 Å². The molecule has 2 aliphatic carbocycles. The monoisotopic (exact) mass is 450 g/mol. The van der Waals surface area contributed by atoms with Crippen LogP contribution in [0, 0.1) is 23.7 Å². The van der Waals surface area contributed by atoms with Crippen LogP contribution in [0.2, 0.25) is 5.02 Å². The van der Waals surface area contributed by atoms with Gasteiger partial charge in [0, 0.05) is 10.6 Å². The van der Waals surface area contributed by atoms with Crippen molar-refractivity contribution in [1.29, 1.82) is 0 Å². The molecule has 2 bridgehead atoms. The number of benzene rings is 1. The summed E-state index contributed by atoms with van der Waals surface area (Å²) in [4.78, 5) is 25.5.